The minimum Gasteiger partial charge on any atom is -0.393 e. The molecule has 0 aromatic rings. The van der Waals surface area contributed by atoms with E-state index < -0.39 is 0 Å². The van der Waals surface area contributed by atoms with Crippen LogP contribution in [0.1, 0.15) is 84.5 Å². The summed E-state index contributed by atoms with van der Waals surface area (Å²) in [5.41, 5.74) is 1.03. The highest BCUT2D eigenvalue weighted by Gasteiger charge is 2.63. The Morgan fingerprint density at radius 2 is 1.81 bits per heavy atom. The number of piperidine rings is 1. The average molecular weight is 374 g/mol. The van der Waals surface area contributed by atoms with Gasteiger partial charge in [0.2, 0.25) is 0 Å². The largest absolute Gasteiger partial charge is 0.393 e. The number of hydrogen-bond acceptors (Lipinski definition) is 3. The minimum absolute atomic E-state index is 0.0934. The van der Waals surface area contributed by atoms with Crippen LogP contribution in [0.25, 0.3) is 0 Å². The minimum atomic E-state index is -0.0934. The Kier molecular flexibility index (Phi) is 3.91. The van der Waals surface area contributed by atoms with Crippen LogP contribution in [0.4, 0.5) is 0 Å². The Labute approximate surface area is 165 Å². The summed E-state index contributed by atoms with van der Waals surface area (Å²) in [4.78, 5) is 2.73. The number of ether oxygens (including phenoxy) is 1. The Morgan fingerprint density at radius 3 is 2.70 bits per heavy atom. The summed E-state index contributed by atoms with van der Waals surface area (Å²) < 4.78 is 6.07. The van der Waals surface area contributed by atoms with Crippen molar-refractivity contribution < 1.29 is 9.84 Å². The summed E-state index contributed by atoms with van der Waals surface area (Å²) in [5, 5.41) is 10.8. The lowest BCUT2D eigenvalue weighted by molar-refractivity contribution is -0.167. The summed E-state index contributed by atoms with van der Waals surface area (Å²) in [6.45, 7) is 6.47. The maximum absolute atomic E-state index is 10.8. The van der Waals surface area contributed by atoms with Gasteiger partial charge in [0.25, 0.3) is 0 Å². The molecule has 6 rings (SSSR count). The zero-order valence-electron chi connectivity index (χ0n) is 17.4. The molecule has 2 heterocycles. The predicted octanol–water partition coefficient (Wildman–Crippen LogP) is 4.58. The second-order valence-electron chi connectivity index (χ2n) is 11.7. The third-order valence-electron chi connectivity index (χ3n) is 10.7. The van der Waals surface area contributed by atoms with E-state index in [1.165, 1.54) is 64.3 Å². The molecule has 4 aliphatic carbocycles. The van der Waals surface area contributed by atoms with Gasteiger partial charge in [-0.25, -0.2) is 0 Å². The Hall–Kier alpha value is -0.120. The van der Waals surface area contributed by atoms with Gasteiger partial charge in [-0.2, -0.15) is 0 Å². The molecule has 152 valence electrons. The summed E-state index contributed by atoms with van der Waals surface area (Å²) in [7, 11) is 0. The molecular weight excluding hydrogens is 334 g/mol. The third-order valence-corrected chi connectivity index (χ3v) is 10.7. The van der Waals surface area contributed by atoms with Crippen molar-refractivity contribution in [3.05, 3.63) is 0 Å². The molecule has 0 bridgehead atoms. The van der Waals surface area contributed by atoms with Crippen LogP contribution in [-0.4, -0.2) is 41.0 Å². The molecule has 3 heteroatoms. The number of aliphatic hydroxyl groups excluding tert-OH is 1. The number of nitrogens with zero attached hydrogens (tertiary/aromatic N) is 1. The zero-order valence-corrected chi connectivity index (χ0v) is 17.4. The first-order chi connectivity index (χ1) is 13.0. The summed E-state index contributed by atoms with van der Waals surface area (Å²) >= 11 is 0. The van der Waals surface area contributed by atoms with Gasteiger partial charge in [-0.15, -0.1) is 0 Å². The molecule has 6 aliphatic rings. The molecule has 6 fully saturated rings. The first-order valence-corrected chi connectivity index (χ1v) is 12.1. The fourth-order valence-electron chi connectivity index (χ4n) is 9.35. The molecule has 1 N–H and O–H groups in total. The lowest BCUT2D eigenvalue weighted by Gasteiger charge is -2.64. The van der Waals surface area contributed by atoms with Crippen molar-refractivity contribution in [2.45, 2.75) is 109 Å². The first-order valence-electron chi connectivity index (χ1n) is 12.1. The standard InChI is InChI=1S/C24H39NO2/c1-23-10-3-5-18(23)17-8-7-15-13-16(26)14-21(24(15,2)19(17)9-11-23)25-12-4-6-20-22(25)27-20/h15-22,26H,3-14H2,1-2H3/t15?,16?,17?,18?,19?,20-,21?,22-,23-,24-/m0/s1. The van der Waals surface area contributed by atoms with Crippen LogP contribution in [0.2, 0.25) is 0 Å². The van der Waals surface area contributed by atoms with Crippen molar-refractivity contribution in [1.29, 1.82) is 0 Å². The van der Waals surface area contributed by atoms with Crippen molar-refractivity contribution >= 4 is 0 Å². The molecule has 27 heavy (non-hydrogen) atoms. The number of hydrogen-bond donors (Lipinski definition) is 1. The molecule has 0 amide bonds. The van der Waals surface area contributed by atoms with Crippen LogP contribution in [-0.2, 0) is 4.74 Å². The van der Waals surface area contributed by atoms with E-state index in [0.29, 0.717) is 29.2 Å². The molecule has 0 aromatic carbocycles. The van der Waals surface area contributed by atoms with Crippen LogP contribution >= 0.6 is 0 Å². The lowest BCUT2D eigenvalue weighted by Crippen LogP contribution is -2.64. The summed E-state index contributed by atoms with van der Waals surface area (Å²) in [6, 6.07) is 0.542. The monoisotopic (exact) mass is 373 g/mol. The highest BCUT2D eigenvalue weighted by molar-refractivity contribution is 5.13. The van der Waals surface area contributed by atoms with Gasteiger partial charge < -0.3 is 9.84 Å². The topological polar surface area (TPSA) is 36.0 Å². The molecule has 0 radical (unpaired) electrons. The van der Waals surface area contributed by atoms with Crippen molar-refractivity contribution in [3.63, 3.8) is 0 Å². The molecular formula is C24H39NO2. The first kappa shape index (κ1) is 17.7. The van der Waals surface area contributed by atoms with E-state index in [2.05, 4.69) is 18.7 Å². The second kappa shape index (κ2) is 5.95. The number of epoxide rings is 1. The van der Waals surface area contributed by atoms with Crippen LogP contribution in [0.15, 0.2) is 0 Å². The van der Waals surface area contributed by atoms with Gasteiger partial charge >= 0.3 is 0 Å². The van der Waals surface area contributed by atoms with Crippen molar-refractivity contribution in [3.8, 4) is 0 Å². The van der Waals surface area contributed by atoms with Crippen molar-refractivity contribution in [1.82, 2.24) is 4.90 Å². The van der Waals surface area contributed by atoms with E-state index in [4.69, 9.17) is 4.74 Å². The highest BCUT2D eigenvalue weighted by Crippen LogP contribution is 2.67. The maximum Gasteiger partial charge on any atom is 0.137 e. The smallest absolute Gasteiger partial charge is 0.137 e. The number of aliphatic hydroxyl groups is 1. The molecule has 0 spiro atoms. The fourth-order valence-corrected chi connectivity index (χ4v) is 9.35. The number of rotatable bonds is 1. The van der Waals surface area contributed by atoms with E-state index in [1.807, 2.05) is 0 Å². The van der Waals surface area contributed by atoms with E-state index in [-0.39, 0.29) is 6.10 Å². The lowest BCUT2D eigenvalue weighted by atomic mass is 9.44. The average Bonchev–Trinajstić information content (AvgIpc) is 3.34. The quantitative estimate of drug-likeness (QED) is 0.684. The van der Waals surface area contributed by atoms with Crippen LogP contribution in [0.3, 0.4) is 0 Å². The van der Waals surface area contributed by atoms with E-state index in [0.717, 1.165) is 36.5 Å². The Bertz CT molecular complexity index is 609. The molecule has 4 saturated carbocycles. The zero-order chi connectivity index (χ0) is 18.4. The maximum atomic E-state index is 10.8. The molecule has 0 aromatic heterocycles. The van der Waals surface area contributed by atoms with Gasteiger partial charge in [0.05, 0.1) is 12.2 Å². The Balaban J connectivity index is 1.36. The van der Waals surface area contributed by atoms with E-state index in [1.54, 1.807) is 0 Å². The van der Waals surface area contributed by atoms with Gasteiger partial charge in [0, 0.05) is 12.6 Å². The van der Waals surface area contributed by atoms with Gasteiger partial charge in [-0.05, 0) is 98.7 Å². The van der Waals surface area contributed by atoms with Gasteiger partial charge in [-0.1, -0.05) is 20.3 Å². The SMILES string of the molecule is C[C@@]12CCCC1C1CCC3CC(O)CC(N4CCC[C@@H]5O[C@@H]54)[C@]3(C)C1CC2. The molecule has 2 saturated heterocycles. The molecule has 10 atom stereocenters. The number of fused-ring (bicyclic) bond motifs is 6. The molecule has 2 aliphatic heterocycles. The van der Waals surface area contributed by atoms with Crippen molar-refractivity contribution in [2.75, 3.05) is 6.54 Å². The highest BCUT2D eigenvalue weighted by atomic mass is 16.6. The van der Waals surface area contributed by atoms with E-state index in [9.17, 15) is 5.11 Å². The van der Waals surface area contributed by atoms with Crippen LogP contribution < -0.4 is 0 Å². The second-order valence-corrected chi connectivity index (χ2v) is 11.7. The fraction of sp³-hybridized carbons (Fsp3) is 1.00. The third kappa shape index (κ3) is 2.43. The van der Waals surface area contributed by atoms with Gasteiger partial charge in [0.15, 0.2) is 0 Å². The van der Waals surface area contributed by atoms with Gasteiger partial charge in [-0.3, -0.25) is 4.90 Å². The summed E-state index contributed by atoms with van der Waals surface area (Å²) in [6.07, 6.45) is 15.5. The van der Waals surface area contributed by atoms with Crippen LogP contribution in [0.5, 0.6) is 0 Å². The van der Waals surface area contributed by atoms with E-state index >= 15 is 0 Å². The van der Waals surface area contributed by atoms with Crippen molar-refractivity contribution in [2.24, 2.45) is 34.5 Å². The molecule has 3 nitrogen and oxygen atoms in total. The normalized spacial score (nSPS) is 60.1. The molecule has 6 unspecified atom stereocenters. The Morgan fingerprint density at radius 1 is 0.926 bits per heavy atom. The predicted molar refractivity (Wildman–Crippen MR) is 106 cm³/mol. The number of likely N-dealkylation sites (tertiary alicyclic amines) is 1. The van der Waals surface area contributed by atoms with Gasteiger partial charge in [0.1, 0.15) is 6.23 Å². The van der Waals surface area contributed by atoms with Crippen LogP contribution in [0, 0.1) is 34.5 Å². The summed E-state index contributed by atoms with van der Waals surface area (Å²) in [5.74, 6) is 3.53.